The maximum absolute atomic E-state index is 10.9. The molecule has 0 heterocycles. The van der Waals surface area contributed by atoms with Crippen LogP contribution in [0.2, 0.25) is 0 Å². The molecule has 1 N–H and O–H groups in total. The minimum absolute atomic E-state index is 0.380. The molecule has 0 bridgehead atoms. The third-order valence-corrected chi connectivity index (χ3v) is 1.66. The first-order valence-corrected chi connectivity index (χ1v) is 4.91. The lowest BCUT2D eigenvalue weighted by Gasteiger charge is -2.07. The fraction of sp³-hybridized carbons (Fsp3) is 0.364. The van der Waals surface area contributed by atoms with E-state index in [1.54, 1.807) is 6.92 Å². The van der Waals surface area contributed by atoms with Crippen LogP contribution in [-0.2, 0) is 4.74 Å². The van der Waals surface area contributed by atoms with Gasteiger partial charge < -0.3 is 14.8 Å². The molecule has 82 valence electrons. The standard InChI is InChI=1S/C11H15NO3/c1-2-14-11(13)12-8-9-15-10-6-4-3-5-7-10/h3-7H,2,8-9H2,1H3,(H,12,13). The molecule has 15 heavy (non-hydrogen) atoms. The van der Waals surface area contributed by atoms with Crippen molar-refractivity contribution >= 4 is 6.09 Å². The van der Waals surface area contributed by atoms with Crippen LogP contribution in [0.5, 0.6) is 5.75 Å². The lowest BCUT2D eigenvalue weighted by molar-refractivity contribution is 0.150. The van der Waals surface area contributed by atoms with Gasteiger partial charge in [-0.2, -0.15) is 0 Å². The van der Waals surface area contributed by atoms with E-state index in [1.165, 1.54) is 0 Å². The van der Waals surface area contributed by atoms with E-state index in [4.69, 9.17) is 4.74 Å². The van der Waals surface area contributed by atoms with Crippen molar-refractivity contribution in [1.29, 1.82) is 0 Å². The molecule has 0 saturated carbocycles. The van der Waals surface area contributed by atoms with Gasteiger partial charge in [-0.05, 0) is 19.1 Å². The first-order valence-electron chi connectivity index (χ1n) is 4.91. The van der Waals surface area contributed by atoms with Gasteiger partial charge in [0.1, 0.15) is 12.4 Å². The average Bonchev–Trinajstić information content (AvgIpc) is 2.26. The summed E-state index contributed by atoms with van der Waals surface area (Å²) in [6, 6.07) is 9.45. The van der Waals surface area contributed by atoms with Gasteiger partial charge >= 0.3 is 6.09 Å². The zero-order valence-electron chi connectivity index (χ0n) is 8.73. The van der Waals surface area contributed by atoms with Crippen LogP contribution in [-0.4, -0.2) is 25.9 Å². The van der Waals surface area contributed by atoms with Gasteiger partial charge in [0.15, 0.2) is 0 Å². The zero-order valence-corrected chi connectivity index (χ0v) is 8.73. The molecular formula is C11H15NO3. The molecule has 4 nitrogen and oxygen atoms in total. The highest BCUT2D eigenvalue weighted by Gasteiger charge is 1.98. The minimum atomic E-state index is -0.408. The van der Waals surface area contributed by atoms with E-state index >= 15 is 0 Å². The molecule has 0 aromatic heterocycles. The fourth-order valence-electron chi connectivity index (χ4n) is 1.02. The molecule has 0 unspecified atom stereocenters. The molecule has 4 heteroatoms. The summed E-state index contributed by atoms with van der Waals surface area (Å²) in [6.45, 7) is 3.02. The van der Waals surface area contributed by atoms with Crippen LogP contribution in [0.1, 0.15) is 6.92 Å². The van der Waals surface area contributed by atoms with Crippen molar-refractivity contribution in [3.8, 4) is 5.75 Å². The van der Waals surface area contributed by atoms with Gasteiger partial charge in [-0.15, -0.1) is 0 Å². The Morgan fingerprint density at radius 3 is 2.73 bits per heavy atom. The second kappa shape index (κ2) is 6.70. The van der Waals surface area contributed by atoms with Crippen molar-refractivity contribution in [2.75, 3.05) is 19.8 Å². The lowest BCUT2D eigenvalue weighted by Crippen LogP contribution is -2.28. The van der Waals surface area contributed by atoms with Crippen LogP contribution >= 0.6 is 0 Å². The number of alkyl carbamates (subject to hydrolysis) is 1. The smallest absolute Gasteiger partial charge is 0.407 e. The number of rotatable bonds is 5. The Kier molecular flexibility index (Phi) is 5.08. The highest BCUT2D eigenvalue weighted by molar-refractivity contribution is 5.66. The van der Waals surface area contributed by atoms with Gasteiger partial charge in [0.25, 0.3) is 0 Å². The summed E-state index contributed by atoms with van der Waals surface area (Å²) < 4.78 is 10.1. The first-order chi connectivity index (χ1) is 7.33. The van der Waals surface area contributed by atoms with Gasteiger partial charge in [0, 0.05) is 0 Å². The topological polar surface area (TPSA) is 47.6 Å². The third-order valence-electron chi connectivity index (χ3n) is 1.66. The van der Waals surface area contributed by atoms with Crippen molar-refractivity contribution in [3.63, 3.8) is 0 Å². The predicted octanol–water partition coefficient (Wildman–Crippen LogP) is 1.81. The molecule has 0 atom stereocenters. The van der Waals surface area contributed by atoms with Crippen molar-refractivity contribution in [2.24, 2.45) is 0 Å². The number of carbonyl (C=O) groups excluding carboxylic acids is 1. The summed E-state index contributed by atoms with van der Waals surface area (Å²) >= 11 is 0. The van der Waals surface area contributed by atoms with Crippen LogP contribution in [0, 0.1) is 0 Å². The zero-order chi connectivity index (χ0) is 10.9. The SMILES string of the molecule is CCOC(=O)NCCOc1ccccc1. The third kappa shape index (κ3) is 4.90. The van der Waals surface area contributed by atoms with Crippen LogP contribution in [0.15, 0.2) is 30.3 Å². The van der Waals surface area contributed by atoms with E-state index in [1.807, 2.05) is 30.3 Å². The summed E-state index contributed by atoms with van der Waals surface area (Å²) in [6.07, 6.45) is -0.408. The molecule has 1 aromatic carbocycles. The summed E-state index contributed by atoms with van der Waals surface area (Å²) in [5.74, 6) is 0.795. The van der Waals surface area contributed by atoms with Crippen LogP contribution in [0.4, 0.5) is 4.79 Å². The number of hydrogen-bond acceptors (Lipinski definition) is 3. The quantitative estimate of drug-likeness (QED) is 0.752. The van der Waals surface area contributed by atoms with E-state index in [9.17, 15) is 4.79 Å². The second-order valence-electron chi connectivity index (χ2n) is 2.81. The van der Waals surface area contributed by atoms with Gasteiger partial charge in [-0.1, -0.05) is 18.2 Å². The minimum Gasteiger partial charge on any atom is -0.492 e. The monoisotopic (exact) mass is 209 g/mol. The first kappa shape index (κ1) is 11.4. The van der Waals surface area contributed by atoms with E-state index in [-0.39, 0.29) is 0 Å². The highest BCUT2D eigenvalue weighted by atomic mass is 16.5. The Morgan fingerprint density at radius 2 is 2.07 bits per heavy atom. The number of carbonyl (C=O) groups is 1. The molecule has 1 amide bonds. The van der Waals surface area contributed by atoms with Gasteiger partial charge in [0.05, 0.1) is 13.2 Å². The number of ether oxygens (including phenoxy) is 2. The Bertz CT molecular complexity index is 287. The fourth-order valence-corrected chi connectivity index (χ4v) is 1.02. The van der Waals surface area contributed by atoms with Crippen molar-refractivity contribution in [3.05, 3.63) is 30.3 Å². The van der Waals surface area contributed by atoms with Gasteiger partial charge in [-0.3, -0.25) is 0 Å². The van der Waals surface area contributed by atoms with E-state index in [0.29, 0.717) is 19.8 Å². The Labute approximate surface area is 89.2 Å². The van der Waals surface area contributed by atoms with E-state index in [2.05, 4.69) is 10.1 Å². The van der Waals surface area contributed by atoms with E-state index < -0.39 is 6.09 Å². The highest BCUT2D eigenvalue weighted by Crippen LogP contribution is 2.07. The molecule has 0 spiro atoms. The number of amides is 1. The molecule has 0 aliphatic rings. The lowest BCUT2D eigenvalue weighted by atomic mass is 10.3. The molecule has 0 fully saturated rings. The van der Waals surface area contributed by atoms with Crippen LogP contribution < -0.4 is 10.1 Å². The van der Waals surface area contributed by atoms with Crippen molar-refractivity contribution in [1.82, 2.24) is 5.32 Å². The number of benzene rings is 1. The Morgan fingerprint density at radius 1 is 1.33 bits per heavy atom. The summed E-state index contributed by atoms with van der Waals surface area (Å²) in [5.41, 5.74) is 0. The number of para-hydroxylation sites is 1. The maximum atomic E-state index is 10.9. The molecule has 1 rings (SSSR count). The largest absolute Gasteiger partial charge is 0.492 e. The maximum Gasteiger partial charge on any atom is 0.407 e. The number of nitrogens with one attached hydrogen (secondary N) is 1. The molecule has 1 aromatic rings. The summed E-state index contributed by atoms with van der Waals surface area (Å²) in [4.78, 5) is 10.9. The van der Waals surface area contributed by atoms with Crippen molar-refractivity contribution < 1.29 is 14.3 Å². The van der Waals surface area contributed by atoms with Gasteiger partial charge in [-0.25, -0.2) is 4.79 Å². The predicted molar refractivity (Wildman–Crippen MR) is 57.0 cm³/mol. The van der Waals surface area contributed by atoms with Crippen molar-refractivity contribution in [2.45, 2.75) is 6.92 Å². The number of hydrogen-bond donors (Lipinski definition) is 1. The summed E-state index contributed by atoms with van der Waals surface area (Å²) in [7, 11) is 0. The van der Waals surface area contributed by atoms with E-state index in [0.717, 1.165) is 5.75 Å². The van der Waals surface area contributed by atoms with Crippen LogP contribution in [0.3, 0.4) is 0 Å². The molecular weight excluding hydrogens is 194 g/mol. The Hall–Kier alpha value is -1.71. The van der Waals surface area contributed by atoms with Crippen LogP contribution in [0.25, 0.3) is 0 Å². The molecule has 0 radical (unpaired) electrons. The average molecular weight is 209 g/mol. The summed E-state index contributed by atoms with van der Waals surface area (Å²) in [5, 5.41) is 2.57. The van der Waals surface area contributed by atoms with Gasteiger partial charge in [0.2, 0.25) is 0 Å². The Balaban J connectivity index is 2.10. The molecule has 0 saturated heterocycles. The second-order valence-corrected chi connectivity index (χ2v) is 2.81. The molecule has 0 aliphatic heterocycles. The molecule has 0 aliphatic carbocycles. The normalized spacial score (nSPS) is 9.40.